The number of ether oxygens (including phenoxy) is 1. The molecule has 2 amide bonds. The summed E-state index contributed by atoms with van der Waals surface area (Å²) in [6.07, 6.45) is 0.159. The van der Waals surface area contributed by atoms with Gasteiger partial charge in [0.15, 0.2) is 0 Å². The first-order chi connectivity index (χ1) is 11.0. The van der Waals surface area contributed by atoms with E-state index in [1.807, 2.05) is 31.2 Å². The number of carbonyl (C=O) groups is 2. The highest BCUT2D eigenvalue weighted by Gasteiger charge is 2.53. The van der Waals surface area contributed by atoms with Gasteiger partial charge in [0.25, 0.3) is 0 Å². The number of aliphatic hydroxyl groups is 1. The van der Waals surface area contributed by atoms with E-state index in [0.29, 0.717) is 11.5 Å². The molecule has 5 nitrogen and oxygen atoms in total. The van der Waals surface area contributed by atoms with Gasteiger partial charge in [0.1, 0.15) is 18.5 Å². The molecule has 1 N–H and O–H groups in total. The fourth-order valence-corrected chi connectivity index (χ4v) is 4.56. The largest absolute Gasteiger partial charge is 0.491 e. The number of amides is 2. The molecule has 124 valence electrons. The van der Waals surface area contributed by atoms with Gasteiger partial charge in [-0.05, 0) is 36.8 Å². The molecule has 0 unspecified atom stereocenters. The van der Waals surface area contributed by atoms with E-state index in [-0.39, 0.29) is 31.4 Å². The second-order valence-corrected chi connectivity index (χ2v) is 7.46. The summed E-state index contributed by atoms with van der Waals surface area (Å²) in [5.74, 6) is 2.01. The Morgan fingerprint density at radius 2 is 2.26 bits per heavy atom. The van der Waals surface area contributed by atoms with Gasteiger partial charge in [-0.25, -0.2) is 0 Å². The zero-order valence-electron chi connectivity index (χ0n) is 13.2. The van der Waals surface area contributed by atoms with E-state index in [2.05, 4.69) is 0 Å². The number of aliphatic hydroxyl groups excluding tert-OH is 1. The van der Waals surface area contributed by atoms with Crippen LogP contribution in [0, 0.1) is 12.3 Å². The first-order valence-corrected chi connectivity index (χ1v) is 8.96. The van der Waals surface area contributed by atoms with Crippen molar-refractivity contribution in [3.63, 3.8) is 0 Å². The van der Waals surface area contributed by atoms with Crippen LogP contribution in [-0.2, 0) is 9.59 Å². The van der Waals surface area contributed by atoms with Crippen LogP contribution in [0.15, 0.2) is 24.3 Å². The molecule has 1 aromatic rings. The molecule has 1 spiro atoms. The van der Waals surface area contributed by atoms with Crippen molar-refractivity contribution in [1.82, 2.24) is 4.90 Å². The number of hydrogen-bond donors (Lipinski definition) is 1. The molecule has 2 atom stereocenters. The van der Waals surface area contributed by atoms with Crippen LogP contribution in [-0.4, -0.2) is 52.6 Å². The summed E-state index contributed by atoms with van der Waals surface area (Å²) in [5, 5.41) is 10.1. The van der Waals surface area contributed by atoms with Crippen molar-refractivity contribution in [2.24, 2.45) is 5.41 Å². The van der Waals surface area contributed by atoms with Crippen LogP contribution in [0.25, 0.3) is 0 Å². The Hall–Kier alpha value is -1.53. The molecule has 0 aromatic heterocycles. The Labute approximate surface area is 140 Å². The number of rotatable bonds is 5. The molecule has 3 rings (SSSR count). The average molecular weight is 335 g/mol. The first kappa shape index (κ1) is 16.3. The number of β-amino-alcohol motifs (C(OH)–C–C–N with tert-alkyl or cyclic N) is 1. The molecule has 1 aromatic carbocycles. The van der Waals surface area contributed by atoms with Crippen LogP contribution >= 0.6 is 11.8 Å². The Morgan fingerprint density at radius 1 is 1.43 bits per heavy atom. The van der Waals surface area contributed by atoms with E-state index in [0.717, 1.165) is 17.7 Å². The summed E-state index contributed by atoms with van der Waals surface area (Å²) in [7, 11) is 0. The maximum absolute atomic E-state index is 12.5. The van der Waals surface area contributed by atoms with Gasteiger partial charge in [-0.1, -0.05) is 12.1 Å². The minimum atomic E-state index is -0.882. The van der Waals surface area contributed by atoms with Crippen molar-refractivity contribution in [3.05, 3.63) is 29.8 Å². The summed E-state index contributed by atoms with van der Waals surface area (Å²) < 4.78 is 5.54. The van der Waals surface area contributed by atoms with Crippen molar-refractivity contribution in [3.8, 4) is 5.75 Å². The molecule has 0 radical (unpaired) electrons. The van der Waals surface area contributed by atoms with Gasteiger partial charge in [-0.3, -0.25) is 14.5 Å². The molecule has 6 heteroatoms. The number of carbonyl (C=O) groups excluding carboxylic acids is 2. The van der Waals surface area contributed by atoms with Gasteiger partial charge >= 0.3 is 0 Å². The van der Waals surface area contributed by atoms with Gasteiger partial charge < -0.3 is 9.84 Å². The highest BCUT2D eigenvalue weighted by atomic mass is 32.2. The van der Waals surface area contributed by atoms with Crippen LogP contribution in [0.1, 0.15) is 18.4 Å². The van der Waals surface area contributed by atoms with E-state index >= 15 is 0 Å². The molecule has 2 aliphatic heterocycles. The Bertz CT molecular complexity index is 612. The summed E-state index contributed by atoms with van der Waals surface area (Å²) in [6, 6.07) is 7.54. The lowest BCUT2D eigenvalue weighted by Crippen LogP contribution is -2.41. The Morgan fingerprint density at radius 3 is 2.96 bits per heavy atom. The Kier molecular flexibility index (Phi) is 4.64. The number of thioether (sulfide) groups is 1. The standard InChI is InChI=1S/C17H21NO4S/c1-12-3-2-4-14(7-12)22-10-13(19)9-18-15(20)8-17(16(18)21)5-6-23-11-17/h2-4,7,13,19H,5-6,8-11H2,1H3/t13-,17+/m0/s1. The lowest BCUT2D eigenvalue weighted by Gasteiger charge is -2.22. The van der Waals surface area contributed by atoms with Gasteiger partial charge in [-0.2, -0.15) is 11.8 Å². The third-order valence-corrected chi connectivity index (χ3v) is 5.67. The van der Waals surface area contributed by atoms with Crippen molar-refractivity contribution in [2.75, 3.05) is 24.7 Å². The molecular formula is C17H21NO4S. The van der Waals surface area contributed by atoms with Crippen molar-refractivity contribution in [1.29, 1.82) is 0 Å². The predicted octanol–water partition coefficient (Wildman–Crippen LogP) is 1.62. The molecule has 0 saturated carbocycles. The van der Waals surface area contributed by atoms with E-state index in [1.165, 1.54) is 4.90 Å². The number of aryl methyl sites for hydroxylation is 1. The lowest BCUT2D eigenvalue weighted by molar-refractivity contribution is -0.142. The number of benzene rings is 1. The molecule has 2 aliphatic rings. The van der Waals surface area contributed by atoms with Gasteiger partial charge in [0.05, 0.1) is 12.0 Å². The minimum Gasteiger partial charge on any atom is -0.491 e. The van der Waals surface area contributed by atoms with Crippen LogP contribution < -0.4 is 4.74 Å². The third kappa shape index (κ3) is 3.38. The fourth-order valence-electron chi connectivity index (χ4n) is 3.12. The first-order valence-electron chi connectivity index (χ1n) is 7.80. The van der Waals surface area contributed by atoms with Crippen molar-refractivity contribution >= 4 is 23.6 Å². The molecule has 0 aliphatic carbocycles. The Balaban J connectivity index is 1.56. The maximum Gasteiger partial charge on any atom is 0.236 e. The topological polar surface area (TPSA) is 66.8 Å². The van der Waals surface area contributed by atoms with Crippen LogP contribution in [0.5, 0.6) is 5.75 Å². The summed E-state index contributed by atoms with van der Waals surface area (Å²) >= 11 is 1.72. The van der Waals surface area contributed by atoms with E-state index in [4.69, 9.17) is 4.74 Å². The molecule has 0 bridgehead atoms. The van der Waals surface area contributed by atoms with Gasteiger partial charge in [-0.15, -0.1) is 0 Å². The summed E-state index contributed by atoms with van der Waals surface area (Å²) in [6.45, 7) is 2.03. The zero-order chi connectivity index (χ0) is 16.4. The summed E-state index contributed by atoms with van der Waals surface area (Å²) in [4.78, 5) is 25.9. The molecule has 2 saturated heterocycles. The summed E-state index contributed by atoms with van der Waals surface area (Å²) in [5.41, 5.74) is 0.557. The number of imide groups is 1. The van der Waals surface area contributed by atoms with Crippen LogP contribution in [0.3, 0.4) is 0 Å². The highest BCUT2D eigenvalue weighted by Crippen LogP contribution is 2.44. The SMILES string of the molecule is Cc1cccc(OC[C@@H](O)CN2C(=O)C[C@@]3(CCSC3)C2=O)c1. The fraction of sp³-hybridized carbons (Fsp3) is 0.529. The molecule has 2 heterocycles. The quantitative estimate of drug-likeness (QED) is 0.828. The monoisotopic (exact) mass is 335 g/mol. The smallest absolute Gasteiger partial charge is 0.236 e. The minimum absolute atomic E-state index is 0.00982. The number of nitrogens with zero attached hydrogens (tertiary/aromatic N) is 1. The van der Waals surface area contributed by atoms with Crippen molar-refractivity contribution < 1.29 is 19.4 Å². The van der Waals surface area contributed by atoms with Crippen molar-refractivity contribution in [2.45, 2.75) is 25.9 Å². The van der Waals surface area contributed by atoms with E-state index in [9.17, 15) is 14.7 Å². The molecular weight excluding hydrogens is 314 g/mol. The van der Waals surface area contributed by atoms with E-state index in [1.54, 1.807) is 11.8 Å². The third-order valence-electron chi connectivity index (χ3n) is 4.42. The highest BCUT2D eigenvalue weighted by molar-refractivity contribution is 7.99. The average Bonchev–Trinajstić information content (AvgIpc) is 3.07. The normalized spacial score (nSPS) is 25.4. The van der Waals surface area contributed by atoms with Gasteiger partial charge in [0.2, 0.25) is 11.8 Å². The molecule has 2 fully saturated rings. The molecule has 23 heavy (non-hydrogen) atoms. The predicted molar refractivity (Wildman–Crippen MR) is 88.4 cm³/mol. The second kappa shape index (κ2) is 6.53. The van der Waals surface area contributed by atoms with Gasteiger partial charge in [0, 0.05) is 12.2 Å². The number of likely N-dealkylation sites (tertiary alicyclic amines) is 1. The maximum atomic E-state index is 12.5. The zero-order valence-corrected chi connectivity index (χ0v) is 14.0. The van der Waals surface area contributed by atoms with Crippen LogP contribution in [0.2, 0.25) is 0 Å². The van der Waals surface area contributed by atoms with Crippen LogP contribution in [0.4, 0.5) is 0 Å². The lowest BCUT2D eigenvalue weighted by atomic mass is 9.86. The second-order valence-electron chi connectivity index (χ2n) is 6.35. The van der Waals surface area contributed by atoms with E-state index < -0.39 is 11.5 Å². The number of hydrogen-bond acceptors (Lipinski definition) is 5.